The zero-order valence-electron chi connectivity index (χ0n) is 12.5. The zero-order valence-corrected chi connectivity index (χ0v) is 13.3. The Kier molecular flexibility index (Phi) is 4.68. The third-order valence-electron chi connectivity index (χ3n) is 3.65. The number of aromatic nitrogens is 2. The first-order valence-corrected chi connectivity index (χ1v) is 8.64. The average molecular weight is 317 g/mol. The summed E-state index contributed by atoms with van der Waals surface area (Å²) in [6.07, 6.45) is 5.59. The highest BCUT2D eigenvalue weighted by atomic mass is 32.2. The Morgan fingerprint density at radius 3 is 3.05 bits per heavy atom. The average Bonchev–Trinajstić information content (AvgIpc) is 2.87. The van der Waals surface area contributed by atoms with Gasteiger partial charge in [-0.05, 0) is 24.5 Å². The number of carbonyl (C=O) groups excluding carboxylic acids is 1. The molecule has 0 aromatic carbocycles. The van der Waals surface area contributed by atoms with Gasteiger partial charge in [0.1, 0.15) is 6.10 Å². The maximum absolute atomic E-state index is 12.3. The van der Waals surface area contributed by atoms with Crippen molar-refractivity contribution in [2.75, 3.05) is 18.6 Å². The molecule has 0 unspecified atom stereocenters. The van der Waals surface area contributed by atoms with E-state index >= 15 is 0 Å². The molecule has 0 N–H and O–H groups in total. The predicted octanol–water partition coefficient (Wildman–Crippen LogP) is 2.04. The van der Waals surface area contributed by atoms with Gasteiger partial charge in [0, 0.05) is 24.2 Å². The molecule has 0 bridgehead atoms. The molecule has 0 saturated carbocycles. The number of hydrogen-bond donors (Lipinski definition) is 0. The molecule has 0 radical (unpaired) electrons. The molecule has 1 amide bonds. The topological polar surface area (TPSA) is 47.4 Å². The van der Waals surface area contributed by atoms with Crippen molar-refractivity contribution in [3.05, 3.63) is 48.4 Å². The molecule has 0 aliphatic carbocycles. The third kappa shape index (κ3) is 3.44. The van der Waals surface area contributed by atoms with Crippen molar-refractivity contribution in [3.63, 3.8) is 0 Å². The molecule has 5 nitrogen and oxygen atoms in total. The Morgan fingerprint density at radius 2 is 2.27 bits per heavy atom. The van der Waals surface area contributed by atoms with Crippen LogP contribution in [0.3, 0.4) is 0 Å². The number of carbonyl (C=O) groups is 1. The molecule has 3 heterocycles. The fraction of sp³-hybridized carbons (Fsp3) is 0.375. The van der Waals surface area contributed by atoms with E-state index in [9.17, 15) is 4.79 Å². The molecule has 1 aliphatic heterocycles. The molecule has 2 aromatic heterocycles. The van der Waals surface area contributed by atoms with Crippen molar-refractivity contribution < 1.29 is 9.53 Å². The predicted molar refractivity (Wildman–Crippen MR) is 86.9 cm³/mol. The number of amides is 1. The first-order chi connectivity index (χ1) is 10.8. The smallest absolute Gasteiger partial charge is 0.233 e. The Morgan fingerprint density at radius 1 is 1.36 bits per heavy atom. The van der Waals surface area contributed by atoms with E-state index in [1.54, 1.807) is 18.0 Å². The lowest BCUT2D eigenvalue weighted by atomic mass is 10.3. The number of thioether (sulfide) groups is 1. The second-order valence-electron chi connectivity index (χ2n) is 5.27. The van der Waals surface area contributed by atoms with Crippen LogP contribution in [0, 0.1) is 0 Å². The van der Waals surface area contributed by atoms with Crippen molar-refractivity contribution in [1.29, 1.82) is 0 Å². The second-order valence-corrected chi connectivity index (χ2v) is 6.13. The summed E-state index contributed by atoms with van der Waals surface area (Å²) < 4.78 is 8.14. The summed E-state index contributed by atoms with van der Waals surface area (Å²) in [6, 6.07) is 9.67. The minimum absolute atomic E-state index is 0.102. The molecule has 0 fully saturated rings. The highest BCUT2D eigenvalue weighted by molar-refractivity contribution is 7.99. The number of pyridine rings is 1. The van der Waals surface area contributed by atoms with E-state index < -0.39 is 0 Å². The van der Waals surface area contributed by atoms with E-state index in [4.69, 9.17) is 4.74 Å². The van der Waals surface area contributed by atoms with Gasteiger partial charge in [-0.2, -0.15) is 11.8 Å². The number of ether oxygens (including phenoxy) is 1. The van der Waals surface area contributed by atoms with Crippen LogP contribution in [0.4, 0.5) is 0 Å². The molecular formula is C16H19N3O2S. The normalized spacial score (nSPS) is 17.7. The maximum atomic E-state index is 12.3. The van der Waals surface area contributed by atoms with Gasteiger partial charge in [-0.1, -0.05) is 6.07 Å². The molecule has 1 aliphatic rings. The maximum Gasteiger partial charge on any atom is 0.233 e. The summed E-state index contributed by atoms with van der Waals surface area (Å²) in [6.45, 7) is 1.94. The van der Waals surface area contributed by atoms with Crippen LogP contribution < -0.4 is 4.74 Å². The molecule has 3 rings (SSSR count). The molecule has 116 valence electrons. The van der Waals surface area contributed by atoms with Crippen LogP contribution >= 0.6 is 11.8 Å². The Balaban J connectivity index is 1.79. The molecule has 2 aromatic rings. The van der Waals surface area contributed by atoms with Crippen molar-refractivity contribution in [2.45, 2.75) is 19.2 Å². The number of hydrogen-bond acceptors (Lipinski definition) is 4. The summed E-state index contributed by atoms with van der Waals surface area (Å²) in [5.74, 6) is 1.24. The van der Waals surface area contributed by atoms with Crippen molar-refractivity contribution >= 4 is 17.7 Å². The molecule has 0 spiro atoms. The Labute approximate surface area is 134 Å². The fourth-order valence-electron chi connectivity index (χ4n) is 2.62. The summed E-state index contributed by atoms with van der Waals surface area (Å²) >= 11 is 1.55. The van der Waals surface area contributed by atoms with Crippen LogP contribution in [0.15, 0.2) is 42.7 Å². The third-order valence-corrected chi connectivity index (χ3v) is 4.18. The van der Waals surface area contributed by atoms with Gasteiger partial charge in [0.05, 0.1) is 25.4 Å². The van der Waals surface area contributed by atoms with E-state index in [0.29, 0.717) is 24.7 Å². The van der Waals surface area contributed by atoms with Gasteiger partial charge in [-0.15, -0.1) is 0 Å². The van der Waals surface area contributed by atoms with Crippen LogP contribution in [-0.4, -0.2) is 45.0 Å². The molecule has 0 saturated heterocycles. The first-order valence-electron chi connectivity index (χ1n) is 7.24. The van der Waals surface area contributed by atoms with E-state index in [1.807, 2.05) is 41.6 Å². The molecule has 22 heavy (non-hydrogen) atoms. The number of nitrogens with zero attached hydrogens (tertiary/aromatic N) is 3. The van der Waals surface area contributed by atoms with Crippen molar-refractivity contribution in [2.24, 2.45) is 0 Å². The van der Waals surface area contributed by atoms with Gasteiger partial charge in [0.2, 0.25) is 11.8 Å². The standard InChI is InChI=1S/C16H19N3O2S/c1-22-12-16(20)19-9-13-5-4-8-18(13)10-14(11-19)21-15-6-2-3-7-17-15/h2-8,14H,9-12H2,1H3/t14-/m0/s1. The van der Waals surface area contributed by atoms with Crippen LogP contribution in [0.1, 0.15) is 5.69 Å². The lowest BCUT2D eigenvalue weighted by Crippen LogP contribution is -2.39. The number of rotatable bonds is 4. The monoisotopic (exact) mass is 317 g/mol. The van der Waals surface area contributed by atoms with Crippen molar-refractivity contribution in [1.82, 2.24) is 14.5 Å². The van der Waals surface area contributed by atoms with Crippen LogP contribution in [-0.2, 0) is 17.9 Å². The van der Waals surface area contributed by atoms with E-state index in [-0.39, 0.29) is 12.0 Å². The van der Waals surface area contributed by atoms with Gasteiger partial charge < -0.3 is 14.2 Å². The van der Waals surface area contributed by atoms with Gasteiger partial charge in [0.15, 0.2) is 0 Å². The van der Waals surface area contributed by atoms with E-state index in [1.165, 1.54) is 0 Å². The largest absolute Gasteiger partial charge is 0.471 e. The zero-order chi connectivity index (χ0) is 15.4. The van der Waals surface area contributed by atoms with Crippen molar-refractivity contribution in [3.8, 4) is 5.88 Å². The fourth-order valence-corrected chi connectivity index (χ4v) is 3.05. The lowest BCUT2D eigenvalue weighted by molar-refractivity contribution is -0.130. The van der Waals surface area contributed by atoms with Crippen LogP contribution in [0.25, 0.3) is 0 Å². The van der Waals surface area contributed by atoms with Gasteiger partial charge in [0.25, 0.3) is 0 Å². The summed E-state index contributed by atoms with van der Waals surface area (Å²) in [5.41, 5.74) is 1.14. The SMILES string of the molecule is CSCC(=O)N1Cc2cccn2C[C@H](Oc2ccccn2)C1. The Hall–Kier alpha value is -1.95. The summed E-state index contributed by atoms with van der Waals surface area (Å²) in [7, 11) is 0. The molecule has 6 heteroatoms. The highest BCUT2D eigenvalue weighted by Crippen LogP contribution is 2.18. The van der Waals surface area contributed by atoms with Gasteiger partial charge >= 0.3 is 0 Å². The molecular weight excluding hydrogens is 298 g/mol. The summed E-state index contributed by atoms with van der Waals surface area (Å²) in [4.78, 5) is 18.4. The van der Waals surface area contributed by atoms with E-state index in [2.05, 4.69) is 15.6 Å². The van der Waals surface area contributed by atoms with Crippen LogP contribution in [0.2, 0.25) is 0 Å². The minimum atomic E-state index is -0.102. The number of fused-ring (bicyclic) bond motifs is 1. The van der Waals surface area contributed by atoms with Crippen LogP contribution in [0.5, 0.6) is 5.88 Å². The first kappa shape index (κ1) is 15.0. The van der Waals surface area contributed by atoms with E-state index in [0.717, 1.165) is 12.2 Å². The minimum Gasteiger partial charge on any atom is -0.471 e. The van der Waals surface area contributed by atoms with Gasteiger partial charge in [-0.3, -0.25) is 4.79 Å². The highest BCUT2D eigenvalue weighted by Gasteiger charge is 2.25. The van der Waals surface area contributed by atoms with Gasteiger partial charge in [-0.25, -0.2) is 4.98 Å². The Bertz CT molecular complexity index is 629. The lowest BCUT2D eigenvalue weighted by Gasteiger charge is -2.24. The summed E-state index contributed by atoms with van der Waals surface area (Å²) in [5, 5.41) is 0. The quantitative estimate of drug-likeness (QED) is 0.866. The molecule has 1 atom stereocenters. The second kappa shape index (κ2) is 6.87.